The fourth-order valence-corrected chi connectivity index (χ4v) is 1.73. The molecule has 0 spiro atoms. The van der Waals surface area contributed by atoms with Crippen molar-refractivity contribution in [1.82, 2.24) is 9.99 Å². The van der Waals surface area contributed by atoms with E-state index in [-0.39, 0.29) is 0 Å². The molecule has 0 saturated carbocycles. The number of benzene rings is 1. The predicted molar refractivity (Wildman–Crippen MR) is 60.5 cm³/mol. The Labute approximate surface area is 88.3 Å². The number of nitrogens with one attached hydrogen (secondary N) is 1. The van der Waals surface area contributed by atoms with Crippen LogP contribution in [0.25, 0.3) is 10.9 Å². The van der Waals surface area contributed by atoms with Crippen molar-refractivity contribution in [2.45, 2.75) is 6.42 Å². The molecule has 4 heteroatoms. The summed E-state index contributed by atoms with van der Waals surface area (Å²) in [6.45, 7) is 0.765. The largest absolute Gasteiger partial charge is 0.507 e. The van der Waals surface area contributed by atoms with Crippen molar-refractivity contribution >= 4 is 10.9 Å². The van der Waals surface area contributed by atoms with E-state index >= 15 is 0 Å². The molecule has 0 atom stereocenters. The summed E-state index contributed by atoms with van der Waals surface area (Å²) < 4.78 is 0. The van der Waals surface area contributed by atoms with Gasteiger partial charge in [-0.3, -0.25) is 5.84 Å². The van der Waals surface area contributed by atoms with Crippen LogP contribution in [0.5, 0.6) is 5.75 Å². The van der Waals surface area contributed by atoms with Crippen LogP contribution in [0.15, 0.2) is 24.4 Å². The number of aromatic nitrogens is 1. The van der Waals surface area contributed by atoms with Crippen LogP contribution >= 0.6 is 0 Å². The Balaban J connectivity index is 2.35. The zero-order chi connectivity index (χ0) is 10.8. The number of rotatable bonds is 3. The van der Waals surface area contributed by atoms with E-state index < -0.39 is 0 Å². The fourth-order valence-electron chi connectivity index (χ4n) is 1.73. The lowest BCUT2D eigenvalue weighted by Crippen LogP contribution is -2.28. The van der Waals surface area contributed by atoms with Crippen LogP contribution < -0.4 is 5.84 Å². The van der Waals surface area contributed by atoms with Gasteiger partial charge in [-0.1, -0.05) is 6.07 Å². The summed E-state index contributed by atoms with van der Waals surface area (Å²) >= 11 is 0. The minimum absolute atomic E-state index is 0.323. The van der Waals surface area contributed by atoms with Crippen LogP contribution in [0, 0.1) is 0 Å². The molecule has 1 heterocycles. The van der Waals surface area contributed by atoms with E-state index in [1.807, 2.05) is 25.4 Å². The Morgan fingerprint density at radius 2 is 2.27 bits per heavy atom. The number of nitrogens with two attached hydrogens (primary N) is 1. The third kappa shape index (κ3) is 1.95. The van der Waals surface area contributed by atoms with Gasteiger partial charge >= 0.3 is 0 Å². The Kier molecular flexibility index (Phi) is 2.62. The van der Waals surface area contributed by atoms with Gasteiger partial charge in [0.25, 0.3) is 0 Å². The minimum atomic E-state index is 0.323. The second-order valence-electron chi connectivity index (χ2n) is 3.74. The molecule has 0 unspecified atom stereocenters. The Morgan fingerprint density at radius 1 is 1.47 bits per heavy atom. The highest BCUT2D eigenvalue weighted by Gasteiger charge is 2.07. The molecule has 0 bridgehead atoms. The third-order valence-electron chi connectivity index (χ3n) is 2.50. The number of nitrogens with zero attached hydrogens (tertiary/aromatic N) is 1. The van der Waals surface area contributed by atoms with Crippen LogP contribution in [-0.4, -0.2) is 28.7 Å². The van der Waals surface area contributed by atoms with Crippen molar-refractivity contribution in [1.29, 1.82) is 0 Å². The average molecular weight is 205 g/mol. The van der Waals surface area contributed by atoms with Crippen molar-refractivity contribution < 1.29 is 5.11 Å². The highest BCUT2D eigenvalue weighted by Crippen LogP contribution is 2.27. The number of aromatic amines is 1. The quantitative estimate of drug-likeness (QED) is 0.521. The molecule has 1 aromatic heterocycles. The lowest BCUT2D eigenvalue weighted by atomic mass is 10.1. The second-order valence-corrected chi connectivity index (χ2v) is 3.74. The highest BCUT2D eigenvalue weighted by atomic mass is 16.3. The lowest BCUT2D eigenvalue weighted by Gasteiger charge is -2.08. The SMILES string of the molecule is CN(N)CCc1c[nH]c2cccc(O)c12. The van der Waals surface area contributed by atoms with Gasteiger partial charge < -0.3 is 10.1 Å². The molecular weight excluding hydrogens is 190 g/mol. The van der Waals surface area contributed by atoms with E-state index in [1.54, 1.807) is 11.1 Å². The molecule has 0 fully saturated rings. The van der Waals surface area contributed by atoms with Gasteiger partial charge in [0.15, 0.2) is 0 Å². The van der Waals surface area contributed by atoms with Crippen LogP contribution in [0.1, 0.15) is 5.56 Å². The Hall–Kier alpha value is -1.52. The van der Waals surface area contributed by atoms with Crippen molar-refractivity contribution in [3.63, 3.8) is 0 Å². The van der Waals surface area contributed by atoms with E-state index in [0.717, 1.165) is 29.4 Å². The first-order valence-electron chi connectivity index (χ1n) is 4.92. The molecule has 0 amide bonds. The van der Waals surface area contributed by atoms with Gasteiger partial charge in [0.1, 0.15) is 5.75 Å². The minimum Gasteiger partial charge on any atom is -0.507 e. The van der Waals surface area contributed by atoms with Gasteiger partial charge in [0.05, 0.1) is 0 Å². The fraction of sp³-hybridized carbons (Fsp3) is 0.273. The van der Waals surface area contributed by atoms with Crippen molar-refractivity contribution in [3.05, 3.63) is 30.0 Å². The summed E-state index contributed by atoms with van der Waals surface area (Å²) in [5.74, 6) is 5.87. The first-order valence-corrected chi connectivity index (χ1v) is 4.92. The number of hydrogen-bond donors (Lipinski definition) is 3. The number of phenolic OH excluding ortho intramolecular Hbond substituents is 1. The third-order valence-corrected chi connectivity index (χ3v) is 2.50. The molecule has 1 aromatic carbocycles. The van der Waals surface area contributed by atoms with Crippen LogP contribution in [0.4, 0.5) is 0 Å². The smallest absolute Gasteiger partial charge is 0.125 e. The topological polar surface area (TPSA) is 65.3 Å². The van der Waals surface area contributed by atoms with Gasteiger partial charge in [-0.15, -0.1) is 0 Å². The monoisotopic (exact) mass is 205 g/mol. The van der Waals surface area contributed by atoms with Crippen LogP contribution in [-0.2, 0) is 6.42 Å². The van der Waals surface area contributed by atoms with Gasteiger partial charge in [-0.2, -0.15) is 0 Å². The second kappa shape index (κ2) is 3.92. The molecule has 2 aromatic rings. The maximum atomic E-state index is 9.74. The van der Waals surface area contributed by atoms with E-state index in [0.29, 0.717) is 5.75 Å². The van der Waals surface area contributed by atoms with E-state index in [4.69, 9.17) is 5.84 Å². The summed E-state index contributed by atoms with van der Waals surface area (Å²) in [6, 6.07) is 5.48. The summed E-state index contributed by atoms with van der Waals surface area (Å²) in [5.41, 5.74) is 2.06. The number of aromatic hydroxyl groups is 1. The Morgan fingerprint density at radius 3 is 3.00 bits per heavy atom. The maximum Gasteiger partial charge on any atom is 0.125 e. The van der Waals surface area contributed by atoms with Crippen molar-refractivity contribution in [2.24, 2.45) is 5.84 Å². The first kappa shape index (κ1) is 10.0. The highest BCUT2D eigenvalue weighted by molar-refractivity contribution is 5.88. The normalized spacial score (nSPS) is 11.4. The molecule has 4 N–H and O–H groups in total. The molecule has 0 aliphatic carbocycles. The summed E-state index contributed by atoms with van der Waals surface area (Å²) in [7, 11) is 1.83. The number of hydrogen-bond acceptors (Lipinski definition) is 3. The van der Waals surface area contributed by atoms with Gasteiger partial charge in [0, 0.05) is 30.7 Å². The number of phenols is 1. The molecule has 0 saturated heterocycles. The number of hydrazine groups is 1. The van der Waals surface area contributed by atoms with Gasteiger partial charge in [-0.05, 0) is 24.1 Å². The van der Waals surface area contributed by atoms with Crippen LogP contribution in [0.2, 0.25) is 0 Å². The molecule has 0 radical (unpaired) electrons. The summed E-state index contributed by atoms with van der Waals surface area (Å²) in [4.78, 5) is 3.13. The standard InChI is InChI=1S/C11H15N3O/c1-14(12)6-5-8-7-13-9-3-2-4-10(15)11(8)9/h2-4,7,13,15H,5-6,12H2,1H3. The van der Waals surface area contributed by atoms with Gasteiger partial charge in [0.2, 0.25) is 0 Å². The molecular formula is C11H15N3O. The summed E-state index contributed by atoms with van der Waals surface area (Å²) in [6.07, 6.45) is 2.75. The lowest BCUT2D eigenvalue weighted by molar-refractivity contribution is 0.354. The van der Waals surface area contributed by atoms with E-state index in [9.17, 15) is 5.11 Å². The van der Waals surface area contributed by atoms with Crippen molar-refractivity contribution in [3.8, 4) is 5.75 Å². The number of fused-ring (bicyclic) bond motifs is 1. The number of H-pyrrole nitrogens is 1. The average Bonchev–Trinajstić information content (AvgIpc) is 2.59. The number of likely N-dealkylation sites (N-methyl/N-ethyl adjacent to an activating group) is 1. The zero-order valence-electron chi connectivity index (χ0n) is 8.70. The summed E-state index contributed by atoms with van der Waals surface area (Å²) in [5, 5.41) is 12.3. The zero-order valence-corrected chi connectivity index (χ0v) is 8.70. The maximum absolute atomic E-state index is 9.74. The molecule has 0 aliphatic rings. The first-order chi connectivity index (χ1) is 7.18. The molecule has 80 valence electrons. The Bertz CT molecular complexity index is 462. The molecule has 4 nitrogen and oxygen atoms in total. The van der Waals surface area contributed by atoms with Crippen LogP contribution in [0.3, 0.4) is 0 Å². The van der Waals surface area contributed by atoms with E-state index in [1.165, 1.54) is 0 Å². The van der Waals surface area contributed by atoms with Crippen molar-refractivity contribution in [2.75, 3.05) is 13.6 Å². The molecule has 0 aliphatic heterocycles. The molecule has 2 rings (SSSR count). The predicted octanol–water partition coefficient (Wildman–Crippen LogP) is 1.22. The van der Waals surface area contributed by atoms with E-state index in [2.05, 4.69) is 4.98 Å². The van der Waals surface area contributed by atoms with Gasteiger partial charge in [-0.25, -0.2) is 5.01 Å². The molecule has 15 heavy (non-hydrogen) atoms.